The zero-order valence-electron chi connectivity index (χ0n) is 14.3. The van der Waals surface area contributed by atoms with Crippen LogP contribution >= 0.6 is 0 Å². The molecule has 2 N–H and O–H groups in total. The smallest absolute Gasteiger partial charge is 0.119 e. The molecule has 0 aromatic heterocycles. The molecular formula is C18H30N2O3. The number of hydrogen-bond acceptors (Lipinski definition) is 5. The molecule has 1 aliphatic heterocycles. The van der Waals surface area contributed by atoms with Crippen LogP contribution in [0.2, 0.25) is 0 Å². The van der Waals surface area contributed by atoms with Crippen LogP contribution in [-0.2, 0) is 0 Å². The van der Waals surface area contributed by atoms with Crippen LogP contribution in [0.3, 0.4) is 0 Å². The lowest BCUT2D eigenvalue weighted by Gasteiger charge is -2.34. The molecule has 130 valence electrons. The molecule has 0 spiro atoms. The number of nitrogens with zero attached hydrogens (tertiary/aromatic N) is 2. The Bertz CT molecular complexity index is 442. The summed E-state index contributed by atoms with van der Waals surface area (Å²) in [5, 5.41) is 19.3. The number of aliphatic hydroxyl groups is 2. The van der Waals surface area contributed by atoms with E-state index in [9.17, 15) is 5.11 Å². The summed E-state index contributed by atoms with van der Waals surface area (Å²) in [4.78, 5) is 4.66. The molecule has 0 amide bonds. The SMILES string of the molecule is CC(C)Oc1ccc(C(O)CCN2CCN(CCO)CC2)cc1. The minimum absolute atomic E-state index is 0.162. The maximum Gasteiger partial charge on any atom is 0.119 e. The fraction of sp³-hybridized carbons (Fsp3) is 0.667. The van der Waals surface area contributed by atoms with Crippen molar-refractivity contribution in [3.63, 3.8) is 0 Å². The van der Waals surface area contributed by atoms with Crippen molar-refractivity contribution in [3.05, 3.63) is 29.8 Å². The fourth-order valence-corrected chi connectivity index (χ4v) is 2.89. The third-order valence-corrected chi connectivity index (χ3v) is 4.24. The molecule has 1 saturated heterocycles. The maximum absolute atomic E-state index is 10.3. The van der Waals surface area contributed by atoms with Gasteiger partial charge in [-0.1, -0.05) is 12.1 Å². The zero-order valence-corrected chi connectivity index (χ0v) is 14.3. The second-order valence-corrected chi connectivity index (χ2v) is 6.45. The van der Waals surface area contributed by atoms with Gasteiger partial charge >= 0.3 is 0 Å². The molecule has 1 aliphatic rings. The first-order chi connectivity index (χ1) is 11.1. The summed E-state index contributed by atoms with van der Waals surface area (Å²) in [6.07, 6.45) is 0.471. The average molecular weight is 322 g/mol. The lowest BCUT2D eigenvalue weighted by molar-refractivity contribution is 0.0923. The molecule has 2 rings (SSSR count). The first-order valence-corrected chi connectivity index (χ1v) is 8.58. The molecule has 0 saturated carbocycles. The van der Waals surface area contributed by atoms with Crippen molar-refractivity contribution in [2.24, 2.45) is 0 Å². The molecule has 1 fully saturated rings. The lowest BCUT2D eigenvalue weighted by Crippen LogP contribution is -2.47. The molecule has 1 atom stereocenters. The first-order valence-electron chi connectivity index (χ1n) is 8.58. The second kappa shape index (κ2) is 9.23. The van der Waals surface area contributed by atoms with Crippen molar-refractivity contribution < 1.29 is 14.9 Å². The van der Waals surface area contributed by atoms with Crippen LogP contribution in [0, 0.1) is 0 Å². The number of piperazine rings is 1. The maximum atomic E-state index is 10.3. The van der Waals surface area contributed by atoms with Gasteiger partial charge in [-0.3, -0.25) is 4.90 Å². The summed E-state index contributed by atoms with van der Waals surface area (Å²) in [6.45, 7) is 9.92. The highest BCUT2D eigenvalue weighted by molar-refractivity contribution is 5.28. The Morgan fingerprint density at radius 2 is 1.57 bits per heavy atom. The van der Waals surface area contributed by atoms with Gasteiger partial charge in [0.05, 0.1) is 18.8 Å². The van der Waals surface area contributed by atoms with Gasteiger partial charge in [-0.2, -0.15) is 0 Å². The Hall–Kier alpha value is -1.14. The quantitative estimate of drug-likeness (QED) is 0.760. The Morgan fingerprint density at radius 1 is 1.00 bits per heavy atom. The van der Waals surface area contributed by atoms with Crippen LogP contribution in [0.1, 0.15) is 31.9 Å². The van der Waals surface area contributed by atoms with E-state index >= 15 is 0 Å². The largest absolute Gasteiger partial charge is 0.491 e. The van der Waals surface area contributed by atoms with Gasteiger partial charge in [-0.05, 0) is 38.0 Å². The van der Waals surface area contributed by atoms with Crippen molar-refractivity contribution >= 4 is 0 Å². The monoisotopic (exact) mass is 322 g/mol. The molecule has 5 heteroatoms. The third-order valence-electron chi connectivity index (χ3n) is 4.24. The van der Waals surface area contributed by atoms with Crippen LogP contribution < -0.4 is 4.74 Å². The predicted octanol–water partition coefficient (Wildman–Crippen LogP) is 1.51. The molecule has 0 radical (unpaired) electrons. The van der Waals surface area contributed by atoms with Crippen LogP contribution in [0.5, 0.6) is 5.75 Å². The molecule has 1 aromatic rings. The molecule has 1 aromatic carbocycles. The molecule has 0 aliphatic carbocycles. The molecule has 23 heavy (non-hydrogen) atoms. The summed E-state index contributed by atoms with van der Waals surface area (Å²) in [7, 11) is 0. The highest BCUT2D eigenvalue weighted by Gasteiger charge is 2.17. The highest BCUT2D eigenvalue weighted by Crippen LogP contribution is 2.21. The number of β-amino-alcohol motifs (C(OH)–C–C–N with tert-alkyl or cyclic N) is 1. The predicted molar refractivity (Wildman–Crippen MR) is 91.7 cm³/mol. The average Bonchev–Trinajstić information content (AvgIpc) is 2.54. The van der Waals surface area contributed by atoms with Crippen molar-refractivity contribution in [2.75, 3.05) is 45.9 Å². The summed E-state index contributed by atoms with van der Waals surface area (Å²) < 4.78 is 5.62. The van der Waals surface area contributed by atoms with Gasteiger partial charge in [0.15, 0.2) is 0 Å². The fourth-order valence-electron chi connectivity index (χ4n) is 2.89. The van der Waals surface area contributed by atoms with E-state index in [0.29, 0.717) is 0 Å². The highest BCUT2D eigenvalue weighted by atomic mass is 16.5. The van der Waals surface area contributed by atoms with Crippen molar-refractivity contribution in [2.45, 2.75) is 32.5 Å². The Balaban J connectivity index is 1.73. The third kappa shape index (κ3) is 6.11. The first kappa shape index (κ1) is 18.2. The molecule has 0 bridgehead atoms. The number of aliphatic hydroxyl groups excluding tert-OH is 2. The minimum Gasteiger partial charge on any atom is -0.491 e. The number of ether oxygens (including phenoxy) is 1. The van der Waals surface area contributed by atoms with E-state index in [4.69, 9.17) is 9.84 Å². The van der Waals surface area contributed by atoms with Gasteiger partial charge in [0.2, 0.25) is 0 Å². The van der Waals surface area contributed by atoms with E-state index in [1.165, 1.54) is 0 Å². The van der Waals surface area contributed by atoms with E-state index in [1.807, 2.05) is 38.1 Å². The van der Waals surface area contributed by atoms with Gasteiger partial charge in [-0.25, -0.2) is 0 Å². The van der Waals surface area contributed by atoms with Gasteiger partial charge in [-0.15, -0.1) is 0 Å². The van der Waals surface area contributed by atoms with Crippen LogP contribution in [0.15, 0.2) is 24.3 Å². The van der Waals surface area contributed by atoms with Crippen molar-refractivity contribution in [1.29, 1.82) is 0 Å². The number of rotatable bonds is 8. The Kier molecular flexibility index (Phi) is 7.30. The Labute approximate surface area is 139 Å². The molecule has 5 nitrogen and oxygen atoms in total. The lowest BCUT2D eigenvalue weighted by atomic mass is 10.1. The van der Waals surface area contributed by atoms with Crippen LogP contribution in [-0.4, -0.2) is 72.0 Å². The van der Waals surface area contributed by atoms with E-state index in [-0.39, 0.29) is 12.7 Å². The van der Waals surface area contributed by atoms with Gasteiger partial charge in [0.1, 0.15) is 5.75 Å². The topological polar surface area (TPSA) is 56.2 Å². The van der Waals surface area contributed by atoms with Gasteiger partial charge in [0, 0.05) is 39.3 Å². The van der Waals surface area contributed by atoms with E-state index in [2.05, 4.69) is 9.80 Å². The van der Waals surface area contributed by atoms with Crippen LogP contribution in [0.4, 0.5) is 0 Å². The van der Waals surface area contributed by atoms with Crippen molar-refractivity contribution in [3.8, 4) is 5.75 Å². The summed E-state index contributed by atoms with van der Waals surface area (Å²) in [6, 6.07) is 7.74. The van der Waals surface area contributed by atoms with Gasteiger partial charge < -0.3 is 19.8 Å². The standard InChI is InChI=1S/C18H30N2O3/c1-15(2)23-17-5-3-16(4-6-17)18(22)7-8-19-9-11-20(12-10-19)13-14-21/h3-6,15,18,21-22H,7-14H2,1-2H3. The van der Waals surface area contributed by atoms with E-state index in [0.717, 1.165) is 57.0 Å². The van der Waals surface area contributed by atoms with E-state index < -0.39 is 6.10 Å². The summed E-state index contributed by atoms with van der Waals surface area (Å²) >= 11 is 0. The van der Waals surface area contributed by atoms with Gasteiger partial charge in [0.25, 0.3) is 0 Å². The zero-order chi connectivity index (χ0) is 16.7. The van der Waals surface area contributed by atoms with Crippen LogP contribution in [0.25, 0.3) is 0 Å². The Morgan fingerprint density at radius 3 is 2.09 bits per heavy atom. The summed E-state index contributed by atoms with van der Waals surface area (Å²) in [5.74, 6) is 0.843. The second-order valence-electron chi connectivity index (χ2n) is 6.45. The summed E-state index contributed by atoms with van der Waals surface area (Å²) in [5.41, 5.74) is 0.944. The number of hydrogen-bond donors (Lipinski definition) is 2. The minimum atomic E-state index is -0.432. The van der Waals surface area contributed by atoms with Crippen molar-refractivity contribution in [1.82, 2.24) is 9.80 Å². The molecule has 1 heterocycles. The molecular weight excluding hydrogens is 292 g/mol. The van der Waals surface area contributed by atoms with E-state index in [1.54, 1.807) is 0 Å². The molecule has 1 unspecified atom stereocenters. The number of benzene rings is 1. The normalized spacial score (nSPS) is 18.3.